The average Bonchev–Trinajstić information content (AvgIpc) is 2.77. The zero-order valence-corrected chi connectivity index (χ0v) is 20.5. The minimum absolute atomic E-state index is 0.211. The molecule has 0 rings (SSSR count). The molecular weight excluding hydrogens is 384 g/mol. The second-order valence-corrected chi connectivity index (χ2v) is 7.55. The molecule has 0 saturated carbocycles. The lowest BCUT2D eigenvalue weighted by Gasteiger charge is -2.29. The van der Waals surface area contributed by atoms with Crippen LogP contribution in [0.3, 0.4) is 0 Å². The van der Waals surface area contributed by atoms with Gasteiger partial charge >= 0.3 is 0 Å². The molecule has 0 heterocycles. The standard InChI is InChI=1S/C24H50O6/c1-6-11-12-22(7-2)21-23(8-3)24(29-19-17-27-15-13-25-9-4)30-20-18-28-16-14-26-10-5/h22-24H,6-21H2,1-5H3. The molecule has 0 aliphatic rings. The van der Waals surface area contributed by atoms with Crippen molar-refractivity contribution in [2.24, 2.45) is 11.8 Å². The summed E-state index contributed by atoms with van der Waals surface area (Å²) in [6.45, 7) is 16.8. The van der Waals surface area contributed by atoms with Crippen molar-refractivity contribution in [2.75, 3.05) is 66.1 Å². The van der Waals surface area contributed by atoms with Crippen molar-refractivity contribution in [1.29, 1.82) is 0 Å². The summed E-state index contributed by atoms with van der Waals surface area (Å²) >= 11 is 0. The predicted molar refractivity (Wildman–Crippen MR) is 122 cm³/mol. The average molecular weight is 435 g/mol. The molecule has 0 fully saturated rings. The van der Waals surface area contributed by atoms with Crippen LogP contribution in [-0.4, -0.2) is 72.4 Å². The number of unbranched alkanes of at least 4 members (excludes halogenated alkanes) is 1. The second kappa shape index (κ2) is 23.4. The van der Waals surface area contributed by atoms with Crippen LogP contribution in [0.4, 0.5) is 0 Å². The van der Waals surface area contributed by atoms with E-state index >= 15 is 0 Å². The molecule has 0 bridgehead atoms. The molecule has 182 valence electrons. The van der Waals surface area contributed by atoms with Crippen LogP contribution in [0.1, 0.15) is 73.1 Å². The third kappa shape index (κ3) is 17.4. The molecule has 6 heteroatoms. The Kier molecular flexibility index (Phi) is 23.2. The molecule has 0 aliphatic heterocycles. The van der Waals surface area contributed by atoms with Gasteiger partial charge in [-0.2, -0.15) is 0 Å². The maximum absolute atomic E-state index is 6.13. The Morgan fingerprint density at radius 2 is 1.07 bits per heavy atom. The van der Waals surface area contributed by atoms with Crippen LogP contribution < -0.4 is 0 Å². The van der Waals surface area contributed by atoms with E-state index in [1.54, 1.807) is 0 Å². The number of hydrogen-bond donors (Lipinski definition) is 0. The van der Waals surface area contributed by atoms with Gasteiger partial charge in [-0.3, -0.25) is 0 Å². The summed E-state index contributed by atoms with van der Waals surface area (Å²) in [6, 6.07) is 0. The van der Waals surface area contributed by atoms with Crippen molar-refractivity contribution < 1.29 is 28.4 Å². The van der Waals surface area contributed by atoms with E-state index in [-0.39, 0.29) is 6.29 Å². The molecule has 0 radical (unpaired) electrons. The fraction of sp³-hybridized carbons (Fsp3) is 1.00. The highest BCUT2D eigenvalue weighted by atomic mass is 16.7. The summed E-state index contributed by atoms with van der Waals surface area (Å²) in [6.07, 6.45) is 7.03. The SMILES string of the molecule is CCCCC(CC)CC(CC)C(OCCOCCOCC)OCCOCCOCC. The lowest BCUT2D eigenvalue weighted by atomic mass is 9.87. The summed E-state index contributed by atoms with van der Waals surface area (Å²) in [4.78, 5) is 0. The topological polar surface area (TPSA) is 55.4 Å². The van der Waals surface area contributed by atoms with Gasteiger partial charge in [-0.25, -0.2) is 0 Å². The lowest BCUT2D eigenvalue weighted by Crippen LogP contribution is -2.31. The second-order valence-electron chi connectivity index (χ2n) is 7.55. The van der Waals surface area contributed by atoms with Gasteiger partial charge in [0.2, 0.25) is 0 Å². The van der Waals surface area contributed by atoms with Crippen molar-refractivity contribution >= 4 is 0 Å². The van der Waals surface area contributed by atoms with Gasteiger partial charge in [0.25, 0.3) is 0 Å². The first-order valence-corrected chi connectivity index (χ1v) is 12.3. The number of ether oxygens (including phenoxy) is 6. The Labute approximate surface area is 186 Å². The smallest absolute Gasteiger partial charge is 0.160 e. The van der Waals surface area contributed by atoms with E-state index in [4.69, 9.17) is 28.4 Å². The van der Waals surface area contributed by atoms with Crippen molar-refractivity contribution in [3.05, 3.63) is 0 Å². The highest BCUT2D eigenvalue weighted by Crippen LogP contribution is 2.27. The third-order valence-electron chi connectivity index (χ3n) is 5.26. The first kappa shape index (κ1) is 29.8. The molecule has 0 saturated heterocycles. The van der Waals surface area contributed by atoms with Crippen molar-refractivity contribution in [2.45, 2.75) is 79.4 Å². The molecule has 6 nitrogen and oxygen atoms in total. The summed E-state index contributed by atoms with van der Waals surface area (Å²) in [7, 11) is 0. The summed E-state index contributed by atoms with van der Waals surface area (Å²) in [5, 5.41) is 0. The van der Waals surface area contributed by atoms with Crippen LogP contribution in [0.25, 0.3) is 0 Å². The van der Waals surface area contributed by atoms with Gasteiger partial charge in [0.1, 0.15) is 0 Å². The van der Waals surface area contributed by atoms with Crippen LogP contribution in [0.5, 0.6) is 0 Å². The van der Waals surface area contributed by atoms with E-state index in [1.165, 1.54) is 25.7 Å². The molecule has 0 aromatic carbocycles. The van der Waals surface area contributed by atoms with Crippen LogP contribution in [0.2, 0.25) is 0 Å². The normalized spacial score (nSPS) is 13.8. The molecule has 0 spiro atoms. The largest absolute Gasteiger partial charge is 0.379 e. The van der Waals surface area contributed by atoms with Gasteiger partial charge in [-0.05, 0) is 32.6 Å². The van der Waals surface area contributed by atoms with Crippen LogP contribution >= 0.6 is 0 Å². The summed E-state index contributed by atoms with van der Waals surface area (Å²) in [5.41, 5.74) is 0. The van der Waals surface area contributed by atoms with Crippen molar-refractivity contribution in [3.63, 3.8) is 0 Å². The van der Waals surface area contributed by atoms with Crippen molar-refractivity contribution in [3.8, 4) is 0 Å². The maximum Gasteiger partial charge on any atom is 0.160 e. The summed E-state index contributed by atoms with van der Waals surface area (Å²) < 4.78 is 34.0. The fourth-order valence-corrected chi connectivity index (χ4v) is 3.37. The van der Waals surface area contributed by atoms with Gasteiger partial charge in [0, 0.05) is 19.1 Å². The van der Waals surface area contributed by atoms with Crippen molar-refractivity contribution in [1.82, 2.24) is 0 Å². The highest BCUT2D eigenvalue weighted by molar-refractivity contribution is 4.69. The quantitative estimate of drug-likeness (QED) is 0.156. The van der Waals surface area contributed by atoms with Crippen LogP contribution in [0.15, 0.2) is 0 Å². The predicted octanol–water partition coefficient (Wildman–Crippen LogP) is 5.08. The molecule has 0 aliphatic carbocycles. The first-order valence-electron chi connectivity index (χ1n) is 12.3. The molecule has 2 atom stereocenters. The van der Waals surface area contributed by atoms with E-state index < -0.39 is 0 Å². The Morgan fingerprint density at radius 1 is 0.567 bits per heavy atom. The van der Waals surface area contributed by atoms with Crippen LogP contribution in [0, 0.1) is 11.8 Å². The third-order valence-corrected chi connectivity index (χ3v) is 5.26. The minimum atomic E-state index is -0.211. The van der Waals surface area contributed by atoms with E-state index in [0.717, 1.165) is 32.0 Å². The Balaban J connectivity index is 4.45. The summed E-state index contributed by atoms with van der Waals surface area (Å²) in [5.74, 6) is 1.12. The van der Waals surface area contributed by atoms with E-state index in [2.05, 4.69) is 20.8 Å². The molecule has 0 amide bonds. The van der Waals surface area contributed by atoms with E-state index in [9.17, 15) is 0 Å². The number of hydrogen-bond acceptors (Lipinski definition) is 6. The van der Waals surface area contributed by atoms with Crippen LogP contribution in [-0.2, 0) is 28.4 Å². The van der Waals surface area contributed by atoms with Gasteiger partial charge < -0.3 is 28.4 Å². The Hall–Kier alpha value is -0.240. The molecule has 0 aromatic heterocycles. The maximum atomic E-state index is 6.13. The van der Waals surface area contributed by atoms with Gasteiger partial charge in [-0.1, -0.05) is 46.5 Å². The molecule has 0 N–H and O–H groups in total. The van der Waals surface area contributed by atoms with Gasteiger partial charge in [0.05, 0.1) is 52.9 Å². The monoisotopic (exact) mass is 434 g/mol. The van der Waals surface area contributed by atoms with Gasteiger partial charge in [0.15, 0.2) is 6.29 Å². The Morgan fingerprint density at radius 3 is 1.50 bits per heavy atom. The zero-order chi connectivity index (χ0) is 22.3. The molecular formula is C24H50O6. The molecule has 0 aromatic rings. The first-order chi connectivity index (χ1) is 14.7. The number of rotatable bonds is 24. The highest BCUT2D eigenvalue weighted by Gasteiger charge is 2.24. The Bertz CT molecular complexity index is 311. The molecule has 2 unspecified atom stereocenters. The molecule has 30 heavy (non-hydrogen) atoms. The van der Waals surface area contributed by atoms with Gasteiger partial charge in [-0.15, -0.1) is 0 Å². The fourth-order valence-electron chi connectivity index (χ4n) is 3.37. The van der Waals surface area contributed by atoms with E-state index in [0.29, 0.717) is 58.8 Å². The zero-order valence-electron chi connectivity index (χ0n) is 20.5. The minimum Gasteiger partial charge on any atom is -0.379 e. The lowest BCUT2D eigenvalue weighted by molar-refractivity contribution is -0.189. The van der Waals surface area contributed by atoms with E-state index in [1.807, 2.05) is 13.8 Å².